The van der Waals surface area contributed by atoms with Gasteiger partial charge in [-0.25, -0.2) is 0 Å². The van der Waals surface area contributed by atoms with Crippen LogP contribution in [0.4, 0.5) is 0 Å². The van der Waals surface area contributed by atoms with Gasteiger partial charge in [0.2, 0.25) is 0 Å². The Bertz CT molecular complexity index is 306. The van der Waals surface area contributed by atoms with Crippen LogP contribution in [-0.2, 0) is 9.53 Å². The molecule has 0 saturated heterocycles. The van der Waals surface area contributed by atoms with Crippen LogP contribution >= 0.6 is 0 Å². The minimum atomic E-state index is -0.292. The lowest BCUT2D eigenvalue weighted by Crippen LogP contribution is -2.07. The third-order valence-corrected chi connectivity index (χ3v) is 1.57. The van der Waals surface area contributed by atoms with Crippen LogP contribution in [0, 0.1) is 0 Å². The van der Waals surface area contributed by atoms with Crippen LogP contribution < -0.4 is 0 Å². The van der Waals surface area contributed by atoms with Gasteiger partial charge in [0, 0.05) is 6.21 Å². The maximum atomic E-state index is 10.9. The zero-order valence-electron chi connectivity index (χ0n) is 8.14. The van der Waals surface area contributed by atoms with Crippen molar-refractivity contribution in [3.05, 3.63) is 35.9 Å². The summed E-state index contributed by atoms with van der Waals surface area (Å²) in [7, 11) is 0. The Kier molecular flexibility index (Phi) is 4.41. The minimum Gasteiger partial charge on any atom is -0.465 e. The predicted molar refractivity (Wildman–Crippen MR) is 55.5 cm³/mol. The summed E-state index contributed by atoms with van der Waals surface area (Å²) in [6, 6.07) is 9.63. The van der Waals surface area contributed by atoms with E-state index in [1.54, 1.807) is 13.1 Å². The van der Waals surface area contributed by atoms with Gasteiger partial charge < -0.3 is 4.74 Å². The number of rotatable bonds is 4. The molecule has 1 aromatic carbocycles. The van der Waals surface area contributed by atoms with Gasteiger partial charge in [-0.3, -0.25) is 9.79 Å². The predicted octanol–water partition coefficient (Wildman–Crippen LogP) is 1.67. The number of carbonyl (C=O) groups excluding carboxylic acids is 1. The molecule has 0 saturated carbocycles. The summed E-state index contributed by atoms with van der Waals surface area (Å²) >= 11 is 0. The Labute approximate surface area is 83.4 Å². The minimum absolute atomic E-state index is 0.0860. The topological polar surface area (TPSA) is 38.7 Å². The van der Waals surface area contributed by atoms with Gasteiger partial charge in [-0.15, -0.1) is 0 Å². The molecule has 74 valence electrons. The number of esters is 1. The second-order valence-electron chi connectivity index (χ2n) is 2.69. The third kappa shape index (κ3) is 3.85. The maximum Gasteiger partial charge on any atom is 0.327 e. The van der Waals surface area contributed by atoms with Gasteiger partial charge in [-0.2, -0.15) is 0 Å². The second-order valence-corrected chi connectivity index (χ2v) is 2.69. The number of hydrogen-bond donors (Lipinski definition) is 0. The Hall–Kier alpha value is -1.64. The van der Waals surface area contributed by atoms with Crippen molar-refractivity contribution in [1.29, 1.82) is 0 Å². The summed E-state index contributed by atoms with van der Waals surface area (Å²) in [5.74, 6) is -0.292. The molecule has 0 heterocycles. The molecule has 1 rings (SSSR count). The second kappa shape index (κ2) is 5.91. The van der Waals surface area contributed by atoms with Crippen molar-refractivity contribution in [2.24, 2.45) is 4.99 Å². The van der Waals surface area contributed by atoms with Crippen LogP contribution in [0.3, 0.4) is 0 Å². The van der Waals surface area contributed by atoms with E-state index in [4.69, 9.17) is 4.74 Å². The van der Waals surface area contributed by atoms with Crippen molar-refractivity contribution in [3.63, 3.8) is 0 Å². The highest BCUT2D eigenvalue weighted by Crippen LogP contribution is 1.93. The molecule has 0 bridgehead atoms. The zero-order chi connectivity index (χ0) is 10.2. The number of ether oxygens (including phenoxy) is 1. The van der Waals surface area contributed by atoms with Crippen LogP contribution in [0.15, 0.2) is 35.3 Å². The molecule has 0 spiro atoms. The fourth-order valence-electron chi connectivity index (χ4n) is 0.971. The van der Waals surface area contributed by atoms with Crippen molar-refractivity contribution < 1.29 is 9.53 Å². The van der Waals surface area contributed by atoms with Crippen molar-refractivity contribution >= 4 is 12.2 Å². The molecular weight excluding hydrogens is 178 g/mol. The SMILES string of the molecule is CCOC(=O)CN=Cc1ccccc1. The Morgan fingerprint density at radius 3 is 2.79 bits per heavy atom. The number of hydrogen-bond acceptors (Lipinski definition) is 3. The van der Waals surface area contributed by atoms with Crippen molar-refractivity contribution in [3.8, 4) is 0 Å². The van der Waals surface area contributed by atoms with Crippen molar-refractivity contribution in [1.82, 2.24) is 0 Å². The fraction of sp³-hybridized carbons (Fsp3) is 0.273. The molecular formula is C11H13NO2. The van der Waals surface area contributed by atoms with E-state index in [-0.39, 0.29) is 12.5 Å². The molecule has 0 fully saturated rings. The van der Waals surface area contributed by atoms with Crippen LogP contribution in [0.5, 0.6) is 0 Å². The van der Waals surface area contributed by atoms with Gasteiger partial charge >= 0.3 is 5.97 Å². The highest BCUT2D eigenvalue weighted by molar-refractivity contribution is 5.82. The van der Waals surface area contributed by atoms with E-state index in [0.717, 1.165) is 5.56 Å². The van der Waals surface area contributed by atoms with E-state index in [1.165, 1.54) is 0 Å². The highest BCUT2D eigenvalue weighted by Gasteiger charge is 1.96. The third-order valence-electron chi connectivity index (χ3n) is 1.57. The van der Waals surface area contributed by atoms with Crippen LogP contribution in [0.25, 0.3) is 0 Å². The van der Waals surface area contributed by atoms with Gasteiger partial charge in [-0.1, -0.05) is 30.3 Å². The maximum absolute atomic E-state index is 10.9. The van der Waals surface area contributed by atoms with E-state index < -0.39 is 0 Å². The van der Waals surface area contributed by atoms with Crippen LogP contribution in [-0.4, -0.2) is 25.3 Å². The molecule has 0 aliphatic rings. The van der Waals surface area contributed by atoms with Crippen LogP contribution in [0.2, 0.25) is 0 Å². The average molecular weight is 191 g/mol. The first kappa shape index (κ1) is 10.4. The summed E-state index contributed by atoms with van der Waals surface area (Å²) in [6.07, 6.45) is 1.66. The highest BCUT2D eigenvalue weighted by atomic mass is 16.5. The standard InChI is InChI=1S/C11H13NO2/c1-2-14-11(13)9-12-8-10-6-4-3-5-7-10/h3-8H,2,9H2,1H3. The fourth-order valence-corrected chi connectivity index (χ4v) is 0.971. The largest absolute Gasteiger partial charge is 0.465 e. The number of benzene rings is 1. The molecule has 0 amide bonds. The summed E-state index contributed by atoms with van der Waals surface area (Å²) in [5, 5.41) is 0. The first-order valence-electron chi connectivity index (χ1n) is 4.53. The van der Waals surface area contributed by atoms with E-state index in [9.17, 15) is 4.79 Å². The molecule has 14 heavy (non-hydrogen) atoms. The van der Waals surface area contributed by atoms with E-state index in [0.29, 0.717) is 6.61 Å². The van der Waals surface area contributed by atoms with Gasteiger partial charge in [0.05, 0.1) is 6.61 Å². The molecule has 3 nitrogen and oxygen atoms in total. The van der Waals surface area contributed by atoms with E-state index in [2.05, 4.69) is 4.99 Å². The molecule has 0 unspecified atom stereocenters. The quantitative estimate of drug-likeness (QED) is 0.536. The number of carbonyl (C=O) groups is 1. The van der Waals surface area contributed by atoms with Crippen LogP contribution in [0.1, 0.15) is 12.5 Å². The Morgan fingerprint density at radius 2 is 2.14 bits per heavy atom. The monoisotopic (exact) mass is 191 g/mol. The molecule has 1 aromatic rings. The van der Waals surface area contributed by atoms with Gasteiger partial charge in [0.15, 0.2) is 0 Å². The summed E-state index contributed by atoms with van der Waals surface area (Å²) < 4.78 is 4.73. The molecule has 0 aromatic heterocycles. The van der Waals surface area contributed by atoms with E-state index in [1.807, 2.05) is 30.3 Å². The average Bonchev–Trinajstić information content (AvgIpc) is 2.20. The lowest BCUT2D eigenvalue weighted by Gasteiger charge is -1.96. The zero-order valence-corrected chi connectivity index (χ0v) is 8.14. The molecule has 0 aliphatic heterocycles. The van der Waals surface area contributed by atoms with Gasteiger partial charge in [-0.05, 0) is 12.5 Å². The molecule has 3 heteroatoms. The Balaban J connectivity index is 2.38. The van der Waals surface area contributed by atoms with Crippen molar-refractivity contribution in [2.75, 3.05) is 13.2 Å². The Morgan fingerprint density at radius 1 is 1.43 bits per heavy atom. The molecule has 0 atom stereocenters. The molecule has 0 N–H and O–H groups in total. The van der Waals surface area contributed by atoms with Gasteiger partial charge in [0.1, 0.15) is 6.54 Å². The lowest BCUT2D eigenvalue weighted by molar-refractivity contribution is -0.141. The smallest absolute Gasteiger partial charge is 0.327 e. The molecule has 0 radical (unpaired) electrons. The van der Waals surface area contributed by atoms with E-state index >= 15 is 0 Å². The summed E-state index contributed by atoms with van der Waals surface area (Å²) in [4.78, 5) is 14.9. The first-order valence-corrected chi connectivity index (χ1v) is 4.53. The molecule has 0 aliphatic carbocycles. The first-order chi connectivity index (χ1) is 6.83. The normalized spacial score (nSPS) is 10.4. The number of aliphatic imine (C=N–C) groups is 1. The number of nitrogens with zero attached hydrogens (tertiary/aromatic N) is 1. The van der Waals surface area contributed by atoms with Gasteiger partial charge in [0.25, 0.3) is 0 Å². The van der Waals surface area contributed by atoms with Crippen molar-refractivity contribution in [2.45, 2.75) is 6.92 Å². The summed E-state index contributed by atoms with van der Waals surface area (Å²) in [6.45, 7) is 2.27. The summed E-state index contributed by atoms with van der Waals surface area (Å²) in [5.41, 5.74) is 0.983. The lowest BCUT2D eigenvalue weighted by atomic mass is 10.2.